The predicted molar refractivity (Wildman–Crippen MR) is 90.2 cm³/mol. The van der Waals surface area contributed by atoms with Gasteiger partial charge >= 0.3 is 5.97 Å². The molecule has 140 valence electrons. The Morgan fingerprint density at radius 3 is 2.52 bits per heavy atom. The fraction of sp³-hybridized carbons (Fsp3) is 0.0588. The molecule has 0 fully saturated rings. The van der Waals surface area contributed by atoms with Gasteiger partial charge in [0.25, 0.3) is 10.0 Å². The number of halogens is 3. The maximum Gasteiger partial charge on any atom is 0.340 e. The normalized spacial score (nSPS) is 11.4. The fourth-order valence-corrected chi connectivity index (χ4v) is 3.70. The lowest BCUT2D eigenvalue weighted by atomic mass is 10.2. The standard InChI is InChI=1S/C17H11F3N2O4S/c1-26-17(23)10-7-14(13(20)8-12(10)19)22-27(24,25)15-5-4-11(18)16-9(15)3-2-6-21-16/h2-8,22H,1H3. The summed E-state index contributed by atoms with van der Waals surface area (Å²) in [5.74, 6) is -4.29. The molecule has 0 spiro atoms. The number of fused-ring (bicyclic) bond motifs is 1. The van der Waals surface area contributed by atoms with Crippen molar-refractivity contribution in [1.82, 2.24) is 4.98 Å². The number of nitrogens with one attached hydrogen (secondary N) is 1. The van der Waals surface area contributed by atoms with Crippen LogP contribution in [0.3, 0.4) is 0 Å². The van der Waals surface area contributed by atoms with Crippen molar-refractivity contribution in [2.24, 2.45) is 0 Å². The number of carbonyl (C=O) groups is 1. The number of benzene rings is 2. The summed E-state index contributed by atoms with van der Waals surface area (Å²) in [6.45, 7) is 0. The Hall–Kier alpha value is -3.14. The highest BCUT2D eigenvalue weighted by Gasteiger charge is 2.23. The summed E-state index contributed by atoms with van der Waals surface area (Å²) in [7, 11) is -3.42. The number of anilines is 1. The molecule has 0 aliphatic heterocycles. The lowest BCUT2D eigenvalue weighted by Gasteiger charge is -2.12. The van der Waals surface area contributed by atoms with Crippen LogP contribution in [0.4, 0.5) is 18.9 Å². The van der Waals surface area contributed by atoms with Gasteiger partial charge in [0, 0.05) is 17.6 Å². The number of hydrogen-bond donors (Lipinski definition) is 1. The smallest absolute Gasteiger partial charge is 0.340 e. The zero-order chi connectivity index (χ0) is 19.8. The van der Waals surface area contributed by atoms with Crippen LogP contribution in [0, 0.1) is 17.5 Å². The zero-order valence-corrected chi connectivity index (χ0v) is 14.5. The molecule has 1 N–H and O–H groups in total. The van der Waals surface area contributed by atoms with Gasteiger partial charge in [-0.1, -0.05) is 0 Å². The molecule has 2 aromatic carbocycles. The van der Waals surface area contributed by atoms with Crippen LogP contribution in [0.1, 0.15) is 10.4 Å². The first-order valence-electron chi connectivity index (χ1n) is 7.38. The molecule has 0 unspecified atom stereocenters. The maximum absolute atomic E-state index is 14.0. The highest BCUT2D eigenvalue weighted by Crippen LogP contribution is 2.27. The second-order valence-corrected chi connectivity index (χ2v) is 7.00. The van der Waals surface area contributed by atoms with Crippen LogP contribution >= 0.6 is 0 Å². The van der Waals surface area contributed by atoms with Crippen molar-refractivity contribution in [2.45, 2.75) is 4.90 Å². The second-order valence-electron chi connectivity index (χ2n) is 5.35. The van der Waals surface area contributed by atoms with Gasteiger partial charge in [-0.15, -0.1) is 0 Å². The van der Waals surface area contributed by atoms with Gasteiger partial charge in [0.1, 0.15) is 23.0 Å². The van der Waals surface area contributed by atoms with E-state index in [0.29, 0.717) is 12.1 Å². The third-order valence-electron chi connectivity index (χ3n) is 3.68. The summed E-state index contributed by atoms with van der Waals surface area (Å²) in [5, 5.41) is -0.0271. The van der Waals surface area contributed by atoms with Crippen LogP contribution in [-0.4, -0.2) is 26.5 Å². The van der Waals surface area contributed by atoms with Crippen molar-refractivity contribution >= 4 is 32.6 Å². The minimum absolute atomic E-state index is 0.0271. The van der Waals surface area contributed by atoms with Gasteiger partial charge in [0.05, 0.1) is 23.3 Å². The molecule has 0 saturated carbocycles. The molecule has 0 saturated heterocycles. The number of aromatic nitrogens is 1. The van der Waals surface area contributed by atoms with Crippen molar-refractivity contribution in [2.75, 3.05) is 11.8 Å². The van der Waals surface area contributed by atoms with E-state index in [0.717, 1.165) is 19.2 Å². The zero-order valence-electron chi connectivity index (χ0n) is 13.7. The summed E-state index contributed by atoms with van der Waals surface area (Å²) in [4.78, 5) is 15.0. The molecule has 0 aliphatic rings. The van der Waals surface area contributed by atoms with E-state index in [1.165, 1.54) is 18.3 Å². The molecule has 10 heteroatoms. The topological polar surface area (TPSA) is 85.4 Å². The van der Waals surface area contributed by atoms with Crippen molar-refractivity contribution in [3.63, 3.8) is 0 Å². The van der Waals surface area contributed by atoms with Gasteiger partial charge in [-0.25, -0.2) is 26.4 Å². The van der Waals surface area contributed by atoms with Crippen molar-refractivity contribution in [3.8, 4) is 0 Å². The third-order valence-corrected chi connectivity index (χ3v) is 5.10. The second kappa shape index (κ2) is 6.88. The van der Waals surface area contributed by atoms with Crippen LogP contribution in [0.5, 0.6) is 0 Å². The van der Waals surface area contributed by atoms with Crippen LogP contribution in [0.25, 0.3) is 10.9 Å². The molecule has 27 heavy (non-hydrogen) atoms. The summed E-state index contributed by atoms with van der Waals surface area (Å²) in [5.41, 5.74) is -1.50. The predicted octanol–water partition coefficient (Wildman–Crippen LogP) is 3.24. The van der Waals surface area contributed by atoms with Crippen LogP contribution < -0.4 is 4.72 Å². The number of nitrogens with zero attached hydrogens (tertiary/aromatic N) is 1. The first-order valence-corrected chi connectivity index (χ1v) is 8.86. The molecule has 0 bridgehead atoms. The number of carbonyl (C=O) groups excluding carboxylic acids is 1. The molecule has 1 heterocycles. The average Bonchev–Trinajstić information content (AvgIpc) is 2.63. The van der Waals surface area contributed by atoms with Gasteiger partial charge in [-0.3, -0.25) is 9.71 Å². The highest BCUT2D eigenvalue weighted by atomic mass is 32.2. The SMILES string of the molecule is COC(=O)c1cc(NS(=O)(=O)c2ccc(F)c3ncccc23)c(F)cc1F. The van der Waals surface area contributed by atoms with E-state index in [4.69, 9.17) is 0 Å². The number of sulfonamides is 1. The number of rotatable bonds is 4. The lowest BCUT2D eigenvalue weighted by Crippen LogP contribution is -2.16. The Labute approximate surface area is 151 Å². The Bertz CT molecular complexity index is 1170. The molecule has 3 rings (SSSR count). The first-order chi connectivity index (χ1) is 12.7. The number of ether oxygens (including phenoxy) is 1. The van der Waals surface area contributed by atoms with Gasteiger partial charge in [0.15, 0.2) is 0 Å². The van der Waals surface area contributed by atoms with Gasteiger partial charge < -0.3 is 4.74 Å². The van der Waals surface area contributed by atoms with Crippen LogP contribution in [0.15, 0.2) is 47.5 Å². The maximum atomic E-state index is 14.0. The molecule has 0 atom stereocenters. The minimum atomic E-state index is -4.41. The Morgan fingerprint density at radius 1 is 1.07 bits per heavy atom. The summed E-state index contributed by atoms with van der Waals surface area (Å²) >= 11 is 0. The monoisotopic (exact) mass is 396 g/mol. The first kappa shape index (κ1) is 18.6. The minimum Gasteiger partial charge on any atom is -0.465 e. The van der Waals surface area contributed by atoms with E-state index >= 15 is 0 Å². The Kier molecular flexibility index (Phi) is 4.75. The average molecular weight is 396 g/mol. The lowest BCUT2D eigenvalue weighted by molar-refractivity contribution is 0.0595. The number of pyridine rings is 1. The van der Waals surface area contributed by atoms with E-state index in [1.54, 1.807) is 0 Å². The highest BCUT2D eigenvalue weighted by molar-refractivity contribution is 7.93. The Balaban J connectivity index is 2.11. The van der Waals surface area contributed by atoms with Crippen LogP contribution in [-0.2, 0) is 14.8 Å². The number of methoxy groups -OCH3 is 1. The van der Waals surface area contributed by atoms with Gasteiger partial charge in [-0.05, 0) is 30.3 Å². The van der Waals surface area contributed by atoms with Gasteiger partial charge in [-0.2, -0.15) is 0 Å². The van der Waals surface area contributed by atoms with Crippen molar-refractivity contribution < 1.29 is 31.1 Å². The van der Waals surface area contributed by atoms with E-state index in [-0.39, 0.29) is 15.8 Å². The van der Waals surface area contributed by atoms with E-state index < -0.39 is 44.7 Å². The summed E-state index contributed by atoms with van der Waals surface area (Å²) < 4.78 is 73.2. The van der Waals surface area contributed by atoms with Gasteiger partial charge in [0.2, 0.25) is 0 Å². The largest absolute Gasteiger partial charge is 0.465 e. The molecule has 0 amide bonds. The molecule has 3 aromatic rings. The summed E-state index contributed by atoms with van der Waals surface area (Å²) in [6, 6.07) is 5.68. The van der Waals surface area contributed by atoms with E-state index in [1.807, 2.05) is 4.72 Å². The van der Waals surface area contributed by atoms with Crippen molar-refractivity contribution in [3.05, 3.63) is 65.6 Å². The van der Waals surface area contributed by atoms with E-state index in [9.17, 15) is 26.4 Å². The molecule has 0 radical (unpaired) electrons. The quantitative estimate of drug-likeness (QED) is 0.685. The van der Waals surface area contributed by atoms with Crippen molar-refractivity contribution in [1.29, 1.82) is 0 Å². The number of hydrogen-bond acceptors (Lipinski definition) is 5. The molecule has 1 aromatic heterocycles. The molecule has 6 nitrogen and oxygen atoms in total. The number of esters is 1. The Morgan fingerprint density at radius 2 is 1.81 bits per heavy atom. The molecule has 0 aliphatic carbocycles. The third kappa shape index (κ3) is 3.43. The summed E-state index contributed by atoms with van der Waals surface area (Å²) in [6.07, 6.45) is 1.29. The molecular weight excluding hydrogens is 385 g/mol. The fourth-order valence-electron chi connectivity index (χ4n) is 2.44. The molecular formula is C17H11F3N2O4S. The van der Waals surface area contributed by atoms with Crippen LogP contribution in [0.2, 0.25) is 0 Å². The van der Waals surface area contributed by atoms with E-state index in [2.05, 4.69) is 9.72 Å².